The first-order valence-electron chi connectivity index (χ1n) is 3.79. The van der Waals surface area contributed by atoms with Crippen LogP contribution in [-0.2, 0) is 4.43 Å². The highest BCUT2D eigenvalue weighted by Gasteiger charge is 2.25. The molecule has 0 radical (unpaired) electrons. The fraction of sp³-hybridized carbons (Fsp3) is 0.375. The second-order valence-electron chi connectivity index (χ2n) is 3.65. The van der Waals surface area contributed by atoms with Crippen LogP contribution in [0.3, 0.4) is 0 Å². The van der Waals surface area contributed by atoms with Gasteiger partial charge in [-0.15, -0.1) is 4.58 Å². The highest BCUT2D eigenvalue weighted by atomic mass is 28.4. The summed E-state index contributed by atoms with van der Waals surface area (Å²) in [6.45, 7) is 9.75. The molecule has 1 rings (SSSR count). The second-order valence-corrected chi connectivity index (χ2v) is 8.08. The Kier molecular flexibility index (Phi) is 2.10. The largest absolute Gasteiger partial charge is 0.823 e. The summed E-state index contributed by atoms with van der Waals surface area (Å²) in [6, 6.07) is 0. The molecular formula is C8H13NO2Si. The fourth-order valence-corrected chi connectivity index (χ4v) is 1.64. The van der Waals surface area contributed by atoms with Crippen LogP contribution in [0.4, 0.5) is 0 Å². The molecule has 0 fully saturated rings. The quantitative estimate of drug-likeness (QED) is 0.464. The lowest BCUT2D eigenvalue weighted by Gasteiger charge is -2.17. The molecule has 0 amide bonds. The van der Waals surface area contributed by atoms with Crippen molar-refractivity contribution in [3.8, 4) is 0 Å². The molecular weight excluding hydrogens is 170 g/mol. The van der Waals surface area contributed by atoms with Gasteiger partial charge < -0.3 is 9.53 Å². The lowest BCUT2D eigenvalue weighted by Crippen LogP contribution is -2.28. The zero-order valence-corrected chi connectivity index (χ0v) is 8.63. The van der Waals surface area contributed by atoms with E-state index in [1.807, 2.05) is 0 Å². The zero-order valence-electron chi connectivity index (χ0n) is 7.63. The van der Waals surface area contributed by atoms with Gasteiger partial charge in [0.25, 0.3) is 0 Å². The van der Waals surface area contributed by atoms with E-state index in [1.54, 1.807) is 6.08 Å². The fourth-order valence-electron chi connectivity index (χ4n) is 0.834. The summed E-state index contributed by atoms with van der Waals surface area (Å²) in [5.74, 6) is 0.447. The van der Waals surface area contributed by atoms with Crippen molar-refractivity contribution in [1.29, 1.82) is 0 Å². The molecule has 0 spiro atoms. The topological polar surface area (TPSA) is 35.3 Å². The summed E-state index contributed by atoms with van der Waals surface area (Å²) >= 11 is 0. The number of hydrogen-bond acceptors (Lipinski definition) is 2. The van der Waals surface area contributed by atoms with Crippen LogP contribution in [0.15, 0.2) is 23.9 Å². The Labute approximate surface area is 73.4 Å². The van der Waals surface area contributed by atoms with Gasteiger partial charge in [0.15, 0.2) is 5.88 Å². The minimum Gasteiger partial charge on any atom is -0.823 e. The van der Waals surface area contributed by atoms with E-state index in [4.69, 9.17) is 4.43 Å². The number of nitrogens with zero attached hydrogens (tertiary/aromatic N) is 1. The van der Waals surface area contributed by atoms with Crippen molar-refractivity contribution in [3.63, 3.8) is 0 Å². The average Bonchev–Trinajstić information content (AvgIpc) is 2.16. The molecule has 0 saturated heterocycles. The van der Waals surface area contributed by atoms with Gasteiger partial charge in [-0.2, -0.15) is 0 Å². The van der Waals surface area contributed by atoms with Gasteiger partial charge in [0.2, 0.25) is 8.32 Å². The highest BCUT2D eigenvalue weighted by Crippen LogP contribution is 2.16. The summed E-state index contributed by atoms with van der Waals surface area (Å²) in [6.07, 6.45) is 3.12. The molecule has 3 nitrogen and oxygen atoms in total. The molecule has 0 aromatic rings. The molecule has 12 heavy (non-hydrogen) atoms. The molecule has 0 N–H and O–H groups in total. The third-order valence-corrected chi connectivity index (χ3v) is 2.13. The van der Waals surface area contributed by atoms with Crippen molar-refractivity contribution in [3.05, 3.63) is 23.9 Å². The summed E-state index contributed by atoms with van der Waals surface area (Å²) < 4.78 is 6.87. The maximum atomic E-state index is 11.0. The van der Waals surface area contributed by atoms with Crippen LogP contribution in [0.2, 0.25) is 19.6 Å². The maximum absolute atomic E-state index is 11.0. The highest BCUT2D eigenvalue weighted by molar-refractivity contribution is 6.69. The Morgan fingerprint density at radius 2 is 2.00 bits per heavy atom. The maximum Gasteiger partial charge on any atom is 0.358 e. The van der Waals surface area contributed by atoms with Crippen LogP contribution in [0.5, 0.6) is 0 Å². The molecule has 0 saturated carbocycles. The zero-order chi connectivity index (χ0) is 9.35. The van der Waals surface area contributed by atoms with E-state index in [2.05, 4.69) is 26.4 Å². The van der Waals surface area contributed by atoms with Crippen LogP contribution in [-0.4, -0.2) is 19.6 Å². The molecule has 0 aromatic carbocycles. The van der Waals surface area contributed by atoms with E-state index in [0.29, 0.717) is 5.88 Å². The van der Waals surface area contributed by atoms with Crippen molar-refractivity contribution in [1.82, 2.24) is 0 Å². The van der Waals surface area contributed by atoms with Gasteiger partial charge in [0, 0.05) is 6.08 Å². The lowest BCUT2D eigenvalue weighted by molar-refractivity contribution is -0.574. The van der Waals surface area contributed by atoms with Crippen molar-refractivity contribution in [2.24, 2.45) is 0 Å². The smallest absolute Gasteiger partial charge is 0.358 e. The Morgan fingerprint density at radius 1 is 1.42 bits per heavy atom. The van der Waals surface area contributed by atoms with E-state index in [1.165, 1.54) is 10.7 Å². The first kappa shape index (κ1) is 9.06. The minimum absolute atomic E-state index is 0.122. The summed E-state index contributed by atoms with van der Waals surface area (Å²) in [4.78, 5) is 0. The Hall–Kier alpha value is -1.03. The number of allylic oxidation sites excluding steroid dienone is 2. The third-order valence-electron chi connectivity index (χ3n) is 1.31. The second kappa shape index (κ2) is 2.78. The van der Waals surface area contributed by atoms with E-state index < -0.39 is 8.32 Å². The van der Waals surface area contributed by atoms with E-state index >= 15 is 0 Å². The molecule has 0 aliphatic carbocycles. The van der Waals surface area contributed by atoms with Crippen molar-refractivity contribution < 1.29 is 14.1 Å². The van der Waals surface area contributed by atoms with Crippen LogP contribution in [0, 0.1) is 0 Å². The van der Waals surface area contributed by atoms with Gasteiger partial charge in [-0.05, 0) is 19.6 Å². The summed E-state index contributed by atoms with van der Waals surface area (Å²) in [5, 5.41) is 11.0. The predicted molar refractivity (Wildman–Crippen MR) is 48.0 cm³/mol. The van der Waals surface area contributed by atoms with Crippen molar-refractivity contribution in [2.75, 3.05) is 0 Å². The van der Waals surface area contributed by atoms with E-state index in [0.717, 1.165) is 0 Å². The number of rotatable bonds is 2. The Bertz CT molecular complexity index is 273. The van der Waals surface area contributed by atoms with Crippen LogP contribution < -0.4 is 5.11 Å². The Morgan fingerprint density at radius 3 is 2.33 bits per heavy atom. The van der Waals surface area contributed by atoms with Gasteiger partial charge in [0.05, 0.1) is 6.08 Å². The first-order chi connectivity index (χ1) is 5.40. The standard InChI is InChI=1S/C8H13NO2Si/c1-9-7(10)5-6-8(9)11-12(2,3)4/h5-6H,1H2,2-4H3. The minimum atomic E-state index is -1.62. The monoisotopic (exact) mass is 183 g/mol. The molecule has 1 aliphatic heterocycles. The van der Waals surface area contributed by atoms with Gasteiger partial charge in [0.1, 0.15) is 6.72 Å². The lowest BCUT2D eigenvalue weighted by atomic mass is 10.6. The molecule has 1 aliphatic rings. The van der Waals surface area contributed by atoms with Crippen LogP contribution >= 0.6 is 0 Å². The summed E-state index contributed by atoms with van der Waals surface area (Å²) in [5.41, 5.74) is 0. The van der Waals surface area contributed by atoms with Crippen molar-refractivity contribution >= 4 is 15.0 Å². The summed E-state index contributed by atoms with van der Waals surface area (Å²) in [7, 11) is -1.62. The Balaban J connectivity index is 2.66. The van der Waals surface area contributed by atoms with E-state index in [9.17, 15) is 5.11 Å². The molecule has 0 aromatic heterocycles. The third kappa shape index (κ3) is 1.98. The first-order valence-corrected chi connectivity index (χ1v) is 7.19. The molecule has 0 atom stereocenters. The van der Waals surface area contributed by atoms with Gasteiger partial charge in [-0.3, -0.25) is 0 Å². The molecule has 1 heterocycles. The number of hydrogen-bond donors (Lipinski definition) is 0. The van der Waals surface area contributed by atoms with Gasteiger partial charge in [-0.25, -0.2) is 0 Å². The SMILES string of the molecule is C=[N+]1C([O-])=CC=C1O[Si](C)(C)C. The van der Waals surface area contributed by atoms with Crippen molar-refractivity contribution in [2.45, 2.75) is 19.6 Å². The molecule has 0 bridgehead atoms. The molecule has 4 heteroatoms. The molecule has 66 valence electrons. The normalized spacial score (nSPS) is 17.4. The van der Waals surface area contributed by atoms with Gasteiger partial charge in [-0.1, -0.05) is 0 Å². The van der Waals surface area contributed by atoms with E-state index in [-0.39, 0.29) is 5.88 Å². The molecule has 0 unspecified atom stereocenters. The van der Waals surface area contributed by atoms with Crippen LogP contribution in [0.25, 0.3) is 0 Å². The van der Waals surface area contributed by atoms with Crippen LogP contribution in [0.1, 0.15) is 0 Å². The average molecular weight is 183 g/mol. The van der Waals surface area contributed by atoms with Gasteiger partial charge >= 0.3 is 5.88 Å². The predicted octanol–water partition coefficient (Wildman–Crippen LogP) is 0.608.